The number of benzene rings is 3. The van der Waals surface area contributed by atoms with Crippen LogP contribution in [-0.4, -0.2) is 63.2 Å². The fourth-order valence-electron chi connectivity index (χ4n) is 4.06. The number of carboxylic acids is 1. The molecule has 3 rings (SSSR count). The third-order valence-electron chi connectivity index (χ3n) is 6.39. The van der Waals surface area contributed by atoms with Crippen molar-refractivity contribution in [1.29, 1.82) is 0 Å². The molecule has 0 aliphatic carbocycles. The number of phenols is 2. The number of nitrogens with one attached hydrogen (secondary N) is 3. The van der Waals surface area contributed by atoms with Crippen molar-refractivity contribution in [1.82, 2.24) is 16.0 Å². The molecule has 11 nitrogen and oxygen atoms in total. The lowest BCUT2D eigenvalue weighted by Crippen LogP contribution is -2.57. The van der Waals surface area contributed by atoms with Crippen LogP contribution in [0.3, 0.4) is 0 Å². The van der Waals surface area contributed by atoms with E-state index in [1.165, 1.54) is 31.2 Å². The second-order valence-electron chi connectivity index (χ2n) is 9.73. The molecule has 11 heteroatoms. The van der Waals surface area contributed by atoms with Crippen molar-refractivity contribution in [2.45, 2.75) is 50.4 Å². The van der Waals surface area contributed by atoms with Gasteiger partial charge in [-0.25, -0.2) is 4.79 Å². The summed E-state index contributed by atoms with van der Waals surface area (Å²) in [5.74, 6) is -3.12. The molecule has 216 valence electrons. The van der Waals surface area contributed by atoms with Gasteiger partial charge in [-0.1, -0.05) is 54.6 Å². The summed E-state index contributed by atoms with van der Waals surface area (Å²) in [5, 5.41) is 36.4. The number of rotatable bonds is 13. The van der Waals surface area contributed by atoms with Gasteiger partial charge in [-0.2, -0.15) is 0 Å². The quantitative estimate of drug-likeness (QED) is 0.160. The number of hydrogen-bond acceptors (Lipinski definition) is 7. The molecule has 41 heavy (non-hydrogen) atoms. The first-order chi connectivity index (χ1) is 19.5. The molecule has 3 aromatic rings. The Labute approximate surface area is 237 Å². The number of aliphatic carboxylic acids is 1. The van der Waals surface area contributed by atoms with Crippen LogP contribution in [0.5, 0.6) is 11.5 Å². The Morgan fingerprint density at radius 1 is 0.634 bits per heavy atom. The van der Waals surface area contributed by atoms with Gasteiger partial charge in [0.1, 0.15) is 29.6 Å². The largest absolute Gasteiger partial charge is 0.508 e. The Morgan fingerprint density at radius 2 is 1.10 bits per heavy atom. The van der Waals surface area contributed by atoms with Gasteiger partial charge in [-0.05, 0) is 54.3 Å². The van der Waals surface area contributed by atoms with E-state index in [1.807, 2.05) is 0 Å². The second kappa shape index (κ2) is 14.5. The number of aromatic hydroxyl groups is 2. The SMILES string of the molecule is C[C@H](NC(=O)[C@@H](N)Cc1ccc(O)cc1)C(=O)N[C@@H](Cc1ccc(O)cc1)C(=O)N[C@@H](Cc1ccccc1)C(=O)O. The maximum atomic E-state index is 13.3. The summed E-state index contributed by atoms with van der Waals surface area (Å²) in [7, 11) is 0. The minimum absolute atomic E-state index is 0.00341. The molecule has 3 aromatic carbocycles. The molecule has 0 fully saturated rings. The smallest absolute Gasteiger partial charge is 0.326 e. The molecular formula is C30H34N4O7. The van der Waals surface area contributed by atoms with Crippen molar-refractivity contribution in [2.75, 3.05) is 0 Å². The van der Waals surface area contributed by atoms with Crippen molar-refractivity contribution >= 4 is 23.7 Å². The Bertz CT molecular complexity index is 1330. The van der Waals surface area contributed by atoms with E-state index in [-0.39, 0.29) is 30.8 Å². The minimum Gasteiger partial charge on any atom is -0.508 e. The van der Waals surface area contributed by atoms with Gasteiger partial charge in [-0.3, -0.25) is 14.4 Å². The van der Waals surface area contributed by atoms with Gasteiger partial charge in [0.05, 0.1) is 6.04 Å². The molecule has 0 spiro atoms. The van der Waals surface area contributed by atoms with Crippen LogP contribution in [0, 0.1) is 0 Å². The van der Waals surface area contributed by atoms with Crippen molar-refractivity contribution < 1.29 is 34.5 Å². The summed E-state index contributed by atoms with van der Waals surface area (Å²) >= 11 is 0. The van der Waals surface area contributed by atoms with Gasteiger partial charge >= 0.3 is 5.97 Å². The molecule has 0 aromatic heterocycles. The van der Waals surface area contributed by atoms with E-state index in [0.717, 1.165) is 5.56 Å². The Kier molecular flexibility index (Phi) is 10.8. The topological polar surface area (TPSA) is 191 Å². The predicted molar refractivity (Wildman–Crippen MR) is 151 cm³/mol. The normalized spacial score (nSPS) is 13.7. The second-order valence-corrected chi connectivity index (χ2v) is 9.73. The fourth-order valence-corrected chi connectivity index (χ4v) is 4.06. The number of carboxylic acid groups (broad SMARTS) is 1. The molecule has 0 radical (unpaired) electrons. The molecule has 0 aliphatic heterocycles. The van der Waals surface area contributed by atoms with E-state index < -0.39 is 47.9 Å². The molecule has 0 saturated carbocycles. The lowest BCUT2D eigenvalue weighted by molar-refractivity contribution is -0.142. The average molecular weight is 563 g/mol. The Morgan fingerprint density at radius 3 is 1.63 bits per heavy atom. The van der Waals surface area contributed by atoms with Crippen molar-refractivity contribution in [3.8, 4) is 11.5 Å². The van der Waals surface area contributed by atoms with Gasteiger partial charge in [0.25, 0.3) is 0 Å². The van der Waals surface area contributed by atoms with Crippen molar-refractivity contribution in [3.05, 3.63) is 95.6 Å². The molecule has 0 unspecified atom stereocenters. The molecule has 0 aliphatic rings. The number of amides is 3. The minimum atomic E-state index is -1.25. The van der Waals surface area contributed by atoms with E-state index in [9.17, 15) is 34.5 Å². The summed E-state index contributed by atoms with van der Waals surface area (Å²) < 4.78 is 0. The van der Waals surface area contributed by atoms with E-state index >= 15 is 0 Å². The van der Waals surface area contributed by atoms with Crippen LogP contribution in [0.2, 0.25) is 0 Å². The number of nitrogens with two attached hydrogens (primary N) is 1. The van der Waals surface area contributed by atoms with Crippen LogP contribution in [0.15, 0.2) is 78.9 Å². The van der Waals surface area contributed by atoms with Crippen molar-refractivity contribution in [3.63, 3.8) is 0 Å². The number of carbonyl (C=O) groups is 4. The summed E-state index contributed by atoms with van der Waals surface area (Å²) in [5.41, 5.74) is 8.03. The predicted octanol–water partition coefficient (Wildman–Crippen LogP) is 1.01. The zero-order chi connectivity index (χ0) is 29.9. The van der Waals surface area contributed by atoms with E-state index in [0.29, 0.717) is 11.1 Å². The molecule has 4 atom stereocenters. The fraction of sp³-hybridized carbons (Fsp3) is 0.267. The van der Waals surface area contributed by atoms with Gasteiger partial charge in [0.15, 0.2) is 0 Å². The first-order valence-corrected chi connectivity index (χ1v) is 13.0. The summed E-state index contributed by atoms with van der Waals surface area (Å²) in [4.78, 5) is 50.9. The van der Waals surface area contributed by atoms with Gasteiger partial charge in [-0.15, -0.1) is 0 Å². The highest BCUT2D eigenvalue weighted by molar-refractivity contribution is 5.94. The molecule has 3 amide bonds. The molecule has 0 saturated heterocycles. The number of carbonyl (C=O) groups excluding carboxylic acids is 3. The van der Waals surface area contributed by atoms with E-state index in [4.69, 9.17) is 5.73 Å². The maximum Gasteiger partial charge on any atom is 0.326 e. The zero-order valence-electron chi connectivity index (χ0n) is 22.5. The van der Waals surface area contributed by atoms with Gasteiger partial charge < -0.3 is 37.0 Å². The first-order valence-electron chi connectivity index (χ1n) is 13.0. The summed E-state index contributed by atoms with van der Waals surface area (Å²) in [6, 6.07) is 16.6. The Balaban J connectivity index is 1.68. The summed E-state index contributed by atoms with van der Waals surface area (Å²) in [6.07, 6.45) is 0.202. The van der Waals surface area contributed by atoms with Crippen LogP contribution in [0.1, 0.15) is 23.6 Å². The van der Waals surface area contributed by atoms with Gasteiger partial charge in [0, 0.05) is 12.8 Å². The third-order valence-corrected chi connectivity index (χ3v) is 6.39. The maximum absolute atomic E-state index is 13.3. The highest BCUT2D eigenvalue weighted by Gasteiger charge is 2.29. The number of phenolic OH excluding ortho intramolecular Hbond substituents is 2. The zero-order valence-corrected chi connectivity index (χ0v) is 22.5. The van der Waals surface area contributed by atoms with Gasteiger partial charge in [0.2, 0.25) is 17.7 Å². The lowest BCUT2D eigenvalue weighted by atomic mass is 10.0. The van der Waals surface area contributed by atoms with Crippen LogP contribution in [-0.2, 0) is 38.4 Å². The highest BCUT2D eigenvalue weighted by atomic mass is 16.4. The average Bonchev–Trinajstić information content (AvgIpc) is 2.95. The van der Waals surface area contributed by atoms with Crippen LogP contribution in [0.25, 0.3) is 0 Å². The molecule has 8 N–H and O–H groups in total. The van der Waals surface area contributed by atoms with Crippen molar-refractivity contribution in [2.24, 2.45) is 5.73 Å². The van der Waals surface area contributed by atoms with Crippen LogP contribution >= 0.6 is 0 Å². The van der Waals surface area contributed by atoms with E-state index in [1.54, 1.807) is 54.6 Å². The Hall–Kier alpha value is -4.90. The lowest BCUT2D eigenvalue weighted by Gasteiger charge is -2.24. The standard InChI is InChI=1S/C30H34N4O7/c1-18(32-28(38)24(31)15-20-7-11-22(35)12-8-20)27(37)33-25(16-21-9-13-23(36)14-10-21)29(39)34-26(30(40)41)17-19-5-3-2-4-6-19/h2-14,18,24-26,35-36H,15-17,31H2,1H3,(H,32,38)(H,33,37)(H,34,39)(H,40,41)/t18-,24-,25-,26-/m0/s1. The van der Waals surface area contributed by atoms with Crippen LogP contribution < -0.4 is 21.7 Å². The molecule has 0 bridgehead atoms. The van der Waals surface area contributed by atoms with Crippen LogP contribution in [0.4, 0.5) is 0 Å². The molecular weight excluding hydrogens is 528 g/mol. The monoisotopic (exact) mass is 562 g/mol. The highest BCUT2D eigenvalue weighted by Crippen LogP contribution is 2.13. The first kappa shape index (κ1) is 30.6. The van der Waals surface area contributed by atoms with E-state index in [2.05, 4.69) is 16.0 Å². The molecule has 0 heterocycles. The third kappa shape index (κ3) is 9.66. The number of hydrogen-bond donors (Lipinski definition) is 7. The summed E-state index contributed by atoms with van der Waals surface area (Å²) in [6.45, 7) is 1.44.